The van der Waals surface area contributed by atoms with Crippen molar-refractivity contribution in [2.75, 3.05) is 7.11 Å². The van der Waals surface area contributed by atoms with E-state index in [2.05, 4.69) is 4.99 Å². The SMILES string of the molecule is CO/C(C=N)=C/N=C(C)Cl. The summed E-state index contributed by atoms with van der Waals surface area (Å²) in [7, 11) is 1.47. The summed E-state index contributed by atoms with van der Waals surface area (Å²) >= 11 is 5.41. The van der Waals surface area contributed by atoms with E-state index in [0.717, 1.165) is 6.21 Å². The number of hydrogen-bond donors (Lipinski definition) is 1. The summed E-state index contributed by atoms with van der Waals surface area (Å²) in [5, 5.41) is 7.19. The van der Waals surface area contributed by atoms with Crippen molar-refractivity contribution in [1.82, 2.24) is 0 Å². The third-order valence-electron chi connectivity index (χ3n) is 0.748. The Morgan fingerprint density at radius 2 is 2.30 bits per heavy atom. The maximum Gasteiger partial charge on any atom is 0.154 e. The van der Waals surface area contributed by atoms with Gasteiger partial charge in [0.2, 0.25) is 0 Å². The van der Waals surface area contributed by atoms with E-state index in [9.17, 15) is 0 Å². The van der Waals surface area contributed by atoms with Crippen LogP contribution in [0.3, 0.4) is 0 Å². The molecule has 0 aromatic rings. The Hall–Kier alpha value is -0.830. The fourth-order valence-corrected chi connectivity index (χ4v) is 0.350. The molecule has 0 bridgehead atoms. The standard InChI is InChI=1S/C6H9ClN2O/c1-5(7)9-4-6(3-8)10-2/h3-4,8H,1-2H3/b6-4+,8-3?,9-5?. The second kappa shape index (κ2) is 4.99. The molecule has 0 aromatic heterocycles. The molecule has 10 heavy (non-hydrogen) atoms. The van der Waals surface area contributed by atoms with E-state index in [-0.39, 0.29) is 0 Å². The van der Waals surface area contributed by atoms with Crippen molar-refractivity contribution in [2.24, 2.45) is 4.99 Å². The molecule has 56 valence electrons. The quantitative estimate of drug-likeness (QED) is 0.497. The number of hydrogen-bond acceptors (Lipinski definition) is 3. The van der Waals surface area contributed by atoms with Crippen molar-refractivity contribution in [3.05, 3.63) is 12.0 Å². The smallest absolute Gasteiger partial charge is 0.154 e. The molecule has 1 N–H and O–H groups in total. The summed E-state index contributed by atoms with van der Waals surface area (Å²) in [6.45, 7) is 1.65. The predicted octanol–water partition coefficient (Wildman–Crippen LogP) is 1.78. The highest BCUT2D eigenvalue weighted by Crippen LogP contribution is 1.92. The summed E-state index contributed by atoms with van der Waals surface area (Å²) in [6.07, 6.45) is 2.44. The molecule has 0 radical (unpaired) electrons. The Kier molecular flexibility index (Phi) is 4.58. The molecule has 0 aliphatic carbocycles. The Labute approximate surface area is 64.9 Å². The lowest BCUT2D eigenvalue weighted by molar-refractivity contribution is 0.316. The molecule has 0 rings (SSSR count). The van der Waals surface area contributed by atoms with Gasteiger partial charge in [-0.05, 0) is 6.92 Å². The van der Waals surface area contributed by atoms with Crippen LogP contribution >= 0.6 is 11.6 Å². The van der Waals surface area contributed by atoms with Crippen LogP contribution in [0.1, 0.15) is 6.92 Å². The van der Waals surface area contributed by atoms with Gasteiger partial charge in [0.1, 0.15) is 5.17 Å². The molecule has 0 saturated heterocycles. The molecule has 0 heterocycles. The third-order valence-corrected chi connectivity index (χ3v) is 0.845. The monoisotopic (exact) mass is 160 g/mol. The first-order chi connectivity index (χ1) is 4.70. The summed E-state index contributed by atoms with van der Waals surface area (Å²) in [4.78, 5) is 3.71. The zero-order chi connectivity index (χ0) is 7.98. The molecule has 0 fully saturated rings. The van der Waals surface area contributed by atoms with Crippen molar-refractivity contribution in [1.29, 1.82) is 5.41 Å². The van der Waals surface area contributed by atoms with E-state index in [1.54, 1.807) is 6.92 Å². The molecule has 0 aliphatic heterocycles. The van der Waals surface area contributed by atoms with Crippen LogP contribution in [0.15, 0.2) is 17.0 Å². The van der Waals surface area contributed by atoms with Gasteiger partial charge in [-0.25, -0.2) is 4.99 Å². The lowest BCUT2D eigenvalue weighted by Crippen LogP contribution is -1.85. The van der Waals surface area contributed by atoms with Crippen LogP contribution in [0.4, 0.5) is 0 Å². The average Bonchev–Trinajstić information content (AvgIpc) is 1.90. The van der Waals surface area contributed by atoms with Gasteiger partial charge in [0.05, 0.1) is 19.5 Å². The zero-order valence-corrected chi connectivity index (χ0v) is 6.64. The topological polar surface area (TPSA) is 45.4 Å². The molecule has 4 heteroatoms. The van der Waals surface area contributed by atoms with Gasteiger partial charge in [-0.15, -0.1) is 0 Å². The second-order valence-electron chi connectivity index (χ2n) is 1.51. The van der Waals surface area contributed by atoms with E-state index in [0.29, 0.717) is 10.9 Å². The molecule has 0 unspecified atom stereocenters. The number of nitrogens with zero attached hydrogens (tertiary/aromatic N) is 1. The maximum atomic E-state index is 6.77. The van der Waals surface area contributed by atoms with E-state index in [4.69, 9.17) is 21.7 Å². The van der Waals surface area contributed by atoms with Crippen molar-refractivity contribution in [3.63, 3.8) is 0 Å². The van der Waals surface area contributed by atoms with Gasteiger partial charge in [0.15, 0.2) is 5.76 Å². The van der Waals surface area contributed by atoms with Gasteiger partial charge in [-0.2, -0.15) is 0 Å². The average molecular weight is 161 g/mol. The maximum absolute atomic E-state index is 6.77. The molecule has 0 aromatic carbocycles. The van der Waals surface area contributed by atoms with E-state index in [1.165, 1.54) is 13.3 Å². The van der Waals surface area contributed by atoms with Gasteiger partial charge in [0.25, 0.3) is 0 Å². The molecular formula is C6H9ClN2O. The predicted molar refractivity (Wildman–Crippen MR) is 42.8 cm³/mol. The van der Waals surface area contributed by atoms with Gasteiger partial charge in [-0.1, -0.05) is 11.6 Å². The van der Waals surface area contributed by atoms with Gasteiger partial charge < -0.3 is 10.1 Å². The molecule has 3 nitrogen and oxygen atoms in total. The molecule has 0 saturated carbocycles. The van der Waals surface area contributed by atoms with Crippen molar-refractivity contribution < 1.29 is 4.74 Å². The first kappa shape index (κ1) is 9.17. The van der Waals surface area contributed by atoms with E-state index in [1.807, 2.05) is 0 Å². The third kappa shape index (κ3) is 4.09. The number of ether oxygens (including phenoxy) is 1. The second-order valence-corrected chi connectivity index (χ2v) is 2.05. The number of nitrogens with one attached hydrogen (secondary N) is 1. The molecular weight excluding hydrogens is 152 g/mol. The Morgan fingerprint density at radius 1 is 1.70 bits per heavy atom. The summed E-state index contributed by atoms with van der Waals surface area (Å²) < 4.78 is 4.70. The number of aliphatic imine (C=N–C) groups is 1. The van der Waals surface area contributed by atoms with E-state index >= 15 is 0 Å². The first-order valence-electron chi connectivity index (χ1n) is 2.65. The number of halogens is 1. The lowest BCUT2D eigenvalue weighted by atomic mass is 10.6. The van der Waals surface area contributed by atoms with Crippen LogP contribution in [0.25, 0.3) is 0 Å². The van der Waals surface area contributed by atoms with Crippen molar-refractivity contribution >= 4 is 23.0 Å². The van der Waals surface area contributed by atoms with E-state index < -0.39 is 0 Å². The van der Waals surface area contributed by atoms with Crippen LogP contribution in [0, 0.1) is 5.41 Å². The molecule has 0 atom stereocenters. The minimum atomic E-state index is 0.375. The lowest BCUT2D eigenvalue weighted by Gasteiger charge is -1.93. The normalized spacial score (nSPS) is 13.1. The Balaban J connectivity index is 4.12. The number of allylic oxidation sites excluding steroid dienone is 1. The Morgan fingerprint density at radius 3 is 2.60 bits per heavy atom. The minimum absolute atomic E-state index is 0.375. The molecule has 0 spiro atoms. The highest BCUT2D eigenvalue weighted by molar-refractivity contribution is 6.64. The van der Waals surface area contributed by atoms with Gasteiger partial charge in [0, 0.05) is 0 Å². The summed E-state index contributed by atoms with van der Waals surface area (Å²) in [5.74, 6) is 0.375. The molecule has 0 amide bonds. The fraction of sp³-hybridized carbons (Fsp3) is 0.333. The summed E-state index contributed by atoms with van der Waals surface area (Å²) in [5.41, 5.74) is 0. The zero-order valence-electron chi connectivity index (χ0n) is 5.89. The highest BCUT2D eigenvalue weighted by Gasteiger charge is 1.85. The minimum Gasteiger partial charge on any atom is -0.494 e. The van der Waals surface area contributed by atoms with Crippen LogP contribution < -0.4 is 0 Å². The van der Waals surface area contributed by atoms with Gasteiger partial charge in [-0.3, -0.25) is 0 Å². The van der Waals surface area contributed by atoms with Crippen LogP contribution in [-0.4, -0.2) is 18.5 Å². The largest absolute Gasteiger partial charge is 0.494 e. The Bertz CT molecular complexity index is 171. The van der Waals surface area contributed by atoms with Crippen molar-refractivity contribution in [3.8, 4) is 0 Å². The van der Waals surface area contributed by atoms with Crippen LogP contribution in [0.2, 0.25) is 0 Å². The first-order valence-corrected chi connectivity index (χ1v) is 3.03. The number of rotatable bonds is 3. The van der Waals surface area contributed by atoms with Crippen LogP contribution in [-0.2, 0) is 4.74 Å². The van der Waals surface area contributed by atoms with Crippen molar-refractivity contribution in [2.45, 2.75) is 6.92 Å². The fourth-order valence-electron chi connectivity index (χ4n) is 0.301. The van der Waals surface area contributed by atoms with Gasteiger partial charge >= 0.3 is 0 Å². The highest BCUT2D eigenvalue weighted by atomic mass is 35.5. The number of methoxy groups -OCH3 is 1. The molecule has 0 aliphatic rings. The van der Waals surface area contributed by atoms with Crippen LogP contribution in [0.5, 0.6) is 0 Å². The summed E-state index contributed by atoms with van der Waals surface area (Å²) in [6, 6.07) is 0.